The quantitative estimate of drug-likeness (QED) is 0.419. The zero-order valence-electron chi connectivity index (χ0n) is 17.0. The molecule has 1 aromatic heterocycles. The second-order valence-corrected chi connectivity index (χ2v) is 8.50. The van der Waals surface area contributed by atoms with Gasteiger partial charge in [0.15, 0.2) is 0 Å². The molecule has 2 aromatic carbocycles. The van der Waals surface area contributed by atoms with E-state index in [1.807, 2.05) is 17.0 Å². The van der Waals surface area contributed by atoms with Gasteiger partial charge in [0, 0.05) is 32.2 Å². The highest BCUT2D eigenvalue weighted by atomic mass is 35.5. The van der Waals surface area contributed by atoms with Crippen molar-refractivity contribution >= 4 is 46.5 Å². The molecule has 32 heavy (non-hydrogen) atoms. The molecule has 4 rings (SSSR count). The molecule has 1 fully saturated rings. The molecule has 1 N–H and O–H groups in total. The first-order valence-electron chi connectivity index (χ1n) is 9.94. The Morgan fingerprint density at radius 2 is 1.78 bits per heavy atom. The topological polar surface area (TPSA) is 61.4 Å². The maximum Gasteiger partial charge on any atom is 0.234 e. The minimum absolute atomic E-state index is 0.116. The number of anilines is 3. The van der Waals surface area contributed by atoms with Crippen molar-refractivity contribution < 1.29 is 13.6 Å². The van der Waals surface area contributed by atoms with Crippen molar-refractivity contribution in [2.45, 2.75) is 5.03 Å². The van der Waals surface area contributed by atoms with Gasteiger partial charge < -0.3 is 15.1 Å². The Balaban J connectivity index is 1.32. The summed E-state index contributed by atoms with van der Waals surface area (Å²) in [4.78, 5) is 24.9. The highest BCUT2D eigenvalue weighted by molar-refractivity contribution is 7.99. The van der Waals surface area contributed by atoms with Crippen molar-refractivity contribution in [3.8, 4) is 0 Å². The zero-order chi connectivity index (χ0) is 22.5. The van der Waals surface area contributed by atoms with Crippen LogP contribution in [0, 0.1) is 11.6 Å². The van der Waals surface area contributed by atoms with E-state index in [2.05, 4.69) is 20.2 Å². The molecule has 0 unspecified atom stereocenters. The minimum atomic E-state index is -0.467. The molecule has 0 spiro atoms. The predicted molar refractivity (Wildman–Crippen MR) is 124 cm³/mol. The molecule has 0 aliphatic carbocycles. The molecule has 0 atom stereocenters. The smallest absolute Gasteiger partial charge is 0.234 e. The van der Waals surface area contributed by atoms with E-state index in [-0.39, 0.29) is 22.5 Å². The molecular formula is C22H20ClF2N5OS. The Labute approximate surface area is 193 Å². The summed E-state index contributed by atoms with van der Waals surface area (Å²) in [5, 5.41) is 3.46. The third-order valence-corrected chi connectivity index (χ3v) is 6.22. The van der Waals surface area contributed by atoms with Crippen LogP contribution in [0.5, 0.6) is 0 Å². The first-order valence-corrected chi connectivity index (χ1v) is 11.3. The summed E-state index contributed by atoms with van der Waals surface area (Å²) in [7, 11) is 0. The molecule has 1 aliphatic heterocycles. The molecule has 1 aliphatic rings. The largest absolute Gasteiger partial charge is 0.366 e. The van der Waals surface area contributed by atoms with Gasteiger partial charge in [-0.3, -0.25) is 4.79 Å². The molecule has 0 radical (unpaired) electrons. The monoisotopic (exact) mass is 475 g/mol. The Kier molecular flexibility index (Phi) is 7.06. The molecule has 2 heterocycles. The van der Waals surface area contributed by atoms with Crippen LogP contribution in [-0.4, -0.2) is 47.8 Å². The second kappa shape index (κ2) is 10.1. The zero-order valence-corrected chi connectivity index (χ0v) is 18.5. The molecule has 0 saturated carbocycles. The number of amides is 1. The van der Waals surface area contributed by atoms with Crippen molar-refractivity contribution in [3.05, 3.63) is 71.5 Å². The van der Waals surface area contributed by atoms with Gasteiger partial charge >= 0.3 is 0 Å². The van der Waals surface area contributed by atoms with Crippen molar-refractivity contribution in [1.82, 2.24) is 9.97 Å². The van der Waals surface area contributed by atoms with E-state index >= 15 is 0 Å². The van der Waals surface area contributed by atoms with Crippen LogP contribution in [0.3, 0.4) is 0 Å². The van der Waals surface area contributed by atoms with E-state index in [4.69, 9.17) is 11.6 Å². The van der Waals surface area contributed by atoms with Gasteiger partial charge in [-0.25, -0.2) is 18.7 Å². The van der Waals surface area contributed by atoms with E-state index in [0.29, 0.717) is 42.6 Å². The molecule has 166 valence electrons. The van der Waals surface area contributed by atoms with Crippen LogP contribution >= 0.6 is 23.4 Å². The van der Waals surface area contributed by atoms with E-state index in [0.717, 1.165) is 11.9 Å². The van der Waals surface area contributed by atoms with Crippen LogP contribution in [-0.2, 0) is 4.79 Å². The average molecular weight is 476 g/mol. The van der Waals surface area contributed by atoms with Gasteiger partial charge in [-0.05, 0) is 30.3 Å². The fourth-order valence-electron chi connectivity index (χ4n) is 3.38. The molecule has 3 aromatic rings. The second-order valence-electron chi connectivity index (χ2n) is 7.10. The van der Waals surface area contributed by atoms with Crippen molar-refractivity contribution in [1.29, 1.82) is 0 Å². The standard InChI is InChI=1S/C22H20ClF2N5OS/c23-16-11-15(24)5-6-18(16)28-21(31)13-32-22-12-20(26-14-27-22)30-9-7-29(8-10-30)19-4-2-1-3-17(19)25/h1-6,11-12,14H,7-10,13H2,(H,28,31). The third-order valence-electron chi connectivity index (χ3n) is 4.98. The van der Waals surface area contributed by atoms with Gasteiger partial charge in [-0.1, -0.05) is 35.5 Å². The predicted octanol–water partition coefficient (Wildman–Crippen LogP) is 4.47. The Bertz CT molecular complexity index is 1110. The van der Waals surface area contributed by atoms with E-state index in [1.165, 1.54) is 36.3 Å². The summed E-state index contributed by atoms with van der Waals surface area (Å²) in [6.07, 6.45) is 1.47. The highest BCUT2D eigenvalue weighted by Gasteiger charge is 2.20. The number of benzene rings is 2. The summed E-state index contributed by atoms with van der Waals surface area (Å²) < 4.78 is 27.2. The number of rotatable bonds is 6. The van der Waals surface area contributed by atoms with Crippen molar-refractivity contribution in [3.63, 3.8) is 0 Å². The average Bonchev–Trinajstić information content (AvgIpc) is 2.80. The molecule has 10 heteroatoms. The number of carbonyl (C=O) groups excluding carboxylic acids is 1. The number of piperazine rings is 1. The Morgan fingerprint density at radius 3 is 2.53 bits per heavy atom. The number of hydrogen-bond acceptors (Lipinski definition) is 6. The van der Waals surface area contributed by atoms with Crippen LogP contribution in [0.2, 0.25) is 5.02 Å². The van der Waals surface area contributed by atoms with Gasteiger partial charge in [0.2, 0.25) is 5.91 Å². The number of carbonyl (C=O) groups is 1. The summed E-state index contributed by atoms with van der Waals surface area (Å²) in [5.41, 5.74) is 0.966. The number of nitrogens with one attached hydrogen (secondary N) is 1. The Morgan fingerprint density at radius 1 is 1.03 bits per heavy atom. The molecule has 6 nitrogen and oxygen atoms in total. The van der Waals surface area contributed by atoms with Crippen LogP contribution in [0.15, 0.2) is 59.9 Å². The van der Waals surface area contributed by atoms with E-state index in [9.17, 15) is 13.6 Å². The fraction of sp³-hybridized carbons (Fsp3) is 0.227. The number of halogens is 3. The molecule has 1 saturated heterocycles. The lowest BCUT2D eigenvalue weighted by molar-refractivity contribution is -0.113. The number of nitrogens with zero attached hydrogens (tertiary/aromatic N) is 4. The summed E-state index contributed by atoms with van der Waals surface area (Å²) in [6, 6.07) is 12.4. The lowest BCUT2D eigenvalue weighted by Crippen LogP contribution is -2.47. The minimum Gasteiger partial charge on any atom is -0.366 e. The van der Waals surface area contributed by atoms with Gasteiger partial charge in [0.25, 0.3) is 0 Å². The molecule has 0 bridgehead atoms. The molecule has 1 amide bonds. The lowest BCUT2D eigenvalue weighted by atomic mass is 10.2. The number of para-hydroxylation sites is 1. The van der Waals surface area contributed by atoms with Crippen molar-refractivity contribution in [2.24, 2.45) is 0 Å². The van der Waals surface area contributed by atoms with E-state index in [1.54, 1.807) is 12.1 Å². The SMILES string of the molecule is O=C(CSc1cc(N2CCN(c3ccccc3F)CC2)ncn1)Nc1ccc(F)cc1Cl. The lowest BCUT2D eigenvalue weighted by Gasteiger charge is -2.36. The van der Waals surface area contributed by atoms with Gasteiger partial charge in [0.05, 0.1) is 22.2 Å². The number of hydrogen-bond donors (Lipinski definition) is 1. The number of aromatic nitrogens is 2. The number of thioether (sulfide) groups is 1. The maximum atomic E-state index is 14.0. The maximum absolute atomic E-state index is 14.0. The van der Waals surface area contributed by atoms with Crippen LogP contribution in [0.25, 0.3) is 0 Å². The third kappa shape index (κ3) is 5.46. The van der Waals surface area contributed by atoms with Crippen LogP contribution in [0.4, 0.5) is 26.0 Å². The highest BCUT2D eigenvalue weighted by Crippen LogP contribution is 2.25. The van der Waals surface area contributed by atoms with Gasteiger partial charge in [0.1, 0.15) is 28.8 Å². The Hall–Kier alpha value is -2.91. The first-order chi connectivity index (χ1) is 15.5. The summed E-state index contributed by atoms with van der Waals surface area (Å²) >= 11 is 7.21. The molecular weight excluding hydrogens is 456 g/mol. The van der Waals surface area contributed by atoms with Crippen LogP contribution in [0.1, 0.15) is 0 Å². The summed E-state index contributed by atoms with van der Waals surface area (Å²) in [6.45, 7) is 2.74. The van der Waals surface area contributed by atoms with Crippen molar-refractivity contribution in [2.75, 3.05) is 47.0 Å². The van der Waals surface area contributed by atoms with E-state index < -0.39 is 5.82 Å². The first kappa shape index (κ1) is 22.3. The summed E-state index contributed by atoms with van der Waals surface area (Å²) in [5.74, 6) is -0.0852. The normalized spacial score (nSPS) is 13.8. The fourth-order valence-corrected chi connectivity index (χ4v) is 4.26. The van der Waals surface area contributed by atoms with Crippen LogP contribution < -0.4 is 15.1 Å². The van der Waals surface area contributed by atoms with Gasteiger partial charge in [-0.15, -0.1) is 0 Å². The van der Waals surface area contributed by atoms with Gasteiger partial charge in [-0.2, -0.15) is 0 Å².